The van der Waals surface area contributed by atoms with Crippen LogP contribution in [0.15, 0.2) is 13.2 Å². The molecule has 0 aliphatic heterocycles. The van der Waals surface area contributed by atoms with Crippen molar-refractivity contribution in [2.75, 3.05) is 0 Å². The van der Waals surface area contributed by atoms with E-state index in [-0.39, 0.29) is 0 Å². The van der Waals surface area contributed by atoms with E-state index in [1.165, 1.54) is 0 Å². The van der Waals surface area contributed by atoms with E-state index in [1.54, 1.807) is 0 Å². The summed E-state index contributed by atoms with van der Waals surface area (Å²) in [5.74, 6) is 0. The number of alkyl halides is 2. The molecule has 0 amide bonds. The van der Waals surface area contributed by atoms with Crippen LogP contribution in [0.2, 0.25) is 0 Å². The minimum Gasteiger partial charge on any atom is -0.283 e. The van der Waals surface area contributed by atoms with E-state index in [0.717, 1.165) is 0 Å². The zero-order valence-corrected chi connectivity index (χ0v) is 10.8. The first-order valence-electron chi connectivity index (χ1n) is 2.32. The van der Waals surface area contributed by atoms with Gasteiger partial charge >= 0.3 is 22.1 Å². The highest BCUT2D eigenvalue weighted by molar-refractivity contribution is 9.30. The molecule has 0 atom stereocenters. The molecule has 0 aromatic carbocycles. The monoisotopic (exact) mass is 360 g/mol. The quantitative estimate of drug-likeness (QED) is 0.431. The normalized spacial score (nSPS) is 12.9. The van der Waals surface area contributed by atoms with Gasteiger partial charge in [-0.25, -0.2) is 0 Å². The molecular formula is C3H6Br2O6S2. The molecule has 0 fully saturated rings. The Hall–Kier alpha value is 0.520. The van der Waals surface area contributed by atoms with Gasteiger partial charge in [-0.2, -0.15) is 16.8 Å². The Kier molecular flexibility index (Phi) is 5.95. The summed E-state index contributed by atoms with van der Waals surface area (Å²) in [4.78, 5) is 0. The number of hydrogen-bond donors (Lipinski definition) is 2. The van der Waals surface area contributed by atoms with Crippen molar-refractivity contribution in [3.63, 3.8) is 0 Å². The fraction of sp³-hybridized carbons (Fsp3) is 0.333. The average Bonchev–Trinajstić information content (AvgIpc) is 1.87. The zero-order valence-electron chi connectivity index (χ0n) is 6.01. The molecule has 6 nitrogen and oxygen atoms in total. The highest BCUT2D eigenvalue weighted by atomic mass is 79.9. The lowest BCUT2D eigenvalue weighted by Crippen LogP contribution is -2.33. The van der Waals surface area contributed by atoms with E-state index in [4.69, 9.17) is 9.11 Å². The first-order valence-corrected chi connectivity index (χ1v) is 6.78. The van der Waals surface area contributed by atoms with Gasteiger partial charge in [0.25, 0.3) is 0 Å². The summed E-state index contributed by atoms with van der Waals surface area (Å²) in [6.45, 7) is 6.00. The van der Waals surface area contributed by atoms with Crippen LogP contribution < -0.4 is 0 Å². The maximum atomic E-state index is 10.2. The first-order chi connectivity index (χ1) is 5.50. The molecule has 0 aliphatic carbocycles. The molecule has 0 saturated carbocycles. The molecule has 0 bridgehead atoms. The highest BCUT2D eigenvalue weighted by Crippen LogP contribution is 2.36. The molecular weight excluding hydrogens is 356 g/mol. The second-order valence-corrected chi connectivity index (χ2v) is 10.3. The average molecular weight is 362 g/mol. The van der Waals surface area contributed by atoms with Crippen molar-refractivity contribution in [3.05, 3.63) is 13.2 Å². The summed E-state index contributed by atoms with van der Waals surface area (Å²) >= 11 is 4.13. The Labute approximate surface area is 92.8 Å². The predicted octanol–water partition coefficient (Wildman–Crippen LogP) is 0.965. The van der Waals surface area contributed by atoms with Crippen molar-refractivity contribution in [2.24, 2.45) is 0 Å². The molecule has 2 N–H and O–H groups in total. The van der Waals surface area contributed by atoms with Gasteiger partial charge in [-0.15, -0.1) is 13.2 Å². The van der Waals surface area contributed by atoms with Crippen LogP contribution in [0.5, 0.6) is 0 Å². The molecule has 0 spiro atoms. The second kappa shape index (κ2) is 4.84. The second-order valence-electron chi connectivity index (χ2n) is 1.41. The Morgan fingerprint density at radius 3 is 1.08 bits per heavy atom. The largest absolute Gasteiger partial charge is 0.329 e. The van der Waals surface area contributed by atoms with Crippen LogP contribution in [0.1, 0.15) is 0 Å². The molecule has 0 unspecified atom stereocenters. The van der Waals surface area contributed by atoms with Gasteiger partial charge in [-0.05, 0) is 31.9 Å². The van der Waals surface area contributed by atoms with Gasteiger partial charge < -0.3 is 0 Å². The van der Waals surface area contributed by atoms with Crippen molar-refractivity contribution >= 4 is 52.1 Å². The van der Waals surface area contributed by atoms with E-state index in [9.17, 15) is 16.8 Å². The molecule has 0 heterocycles. The summed E-state index contributed by atoms with van der Waals surface area (Å²) in [5, 5.41) is 0. The van der Waals surface area contributed by atoms with E-state index in [2.05, 4.69) is 45.0 Å². The van der Waals surface area contributed by atoms with E-state index < -0.39 is 22.1 Å². The van der Waals surface area contributed by atoms with Gasteiger partial charge in [0.15, 0.2) is 0 Å². The third-order valence-corrected chi connectivity index (χ3v) is 7.97. The number of halogens is 2. The van der Waals surface area contributed by atoms with Gasteiger partial charge in [0, 0.05) is 0 Å². The Balaban J connectivity index is 0. The van der Waals surface area contributed by atoms with Crippen molar-refractivity contribution in [3.8, 4) is 0 Å². The molecule has 0 aliphatic rings. The molecule has 0 saturated heterocycles. The molecule has 10 heteroatoms. The van der Waals surface area contributed by atoms with Crippen LogP contribution in [0, 0.1) is 0 Å². The van der Waals surface area contributed by atoms with Crippen molar-refractivity contribution in [1.29, 1.82) is 0 Å². The van der Waals surface area contributed by atoms with Crippen LogP contribution in [0.3, 0.4) is 0 Å². The van der Waals surface area contributed by atoms with Gasteiger partial charge in [0.2, 0.25) is 0 Å². The van der Waals surface area contributed by atoms with Crippen LogP contribution in [-0.2, 0) is 20.2 Å². The van der Waals surface area contributed by atoms with E-state index >= 15 is 0 Å². The van der Waals surface area contributed by atoms with E-state index in [1.807, 2.05) is 0 Å². The lowest BCUT2D eigenvalue weighted by Gasteiger charge is -2.11. The first kappa shape index (κ1) is 16.0. The van der Waals surface area contributed by atoms with Gasteiger partial charge in [0.05, 0.1) is 0 Å². The van der Waals surface area contributed by atoms with E-state index in [0.29, 0.717) is 0 Å². The van der Waals surface area contributed by atoms with Crippen molar-refractivity contribution in [2.45, 2.75) is 1.90 Å². The predicted molar refractivity (Wildman–Crippen MR) is 54.9 cm³/mol. The number of hydrogen-bond acceptors (Lipinski definition) is 4. The van der Waals surface area contributed by atoms with Gasteiger partial charge in [0.1, 0.15) is 0 Å². The number of rotatable bonds is 2. The summed E-state index contributed by atoms with van der Waals surface area (Å²) in [6.07, 6.45) is 0. The third-order valence-electron chi connectivity index (χ3n) is 0.601. The minimum atomic E-state index is -4.96. The molecule has 0 rings (SSSR count). The van der Waals surface area contributed by atoms with Crippen LogP contribution in [-0.4, -0.2) is 27.8 Å². The van der Waals surface area contributed by atoms with Gasteiger partial charge in [-0.3, -0.25) is 9.11 Å². The molecule has 13 heavy (non-hydrogen) atoms. The topological polar surface area (TPSA) is 109 Å². The summed E-state index contributed by atoms with van der Waals surface area (Å²) in [6, 6.07) is 0. The smallest absolute Gasteiger partial charge is 0.283 e. The molecule has 80 valence electrons. The fourth-order valence-electron chi connectivity index (χ4n) is 0.133. The highest BCUT2D eigenvalue weighted by Gasteiger charge is 2.50. The molecule has 0 aromatic heterocycles. The van der Waals surface area contributed by atoms with Crippen molar-refractivity contribution < 1.29 is 25.9 Å². The maximum absolute atomic E-state index is 10.2. The van der Waals surface area contributed by atoms with Crippen molar-refractivity contribution in [1.82, 2.24) is 0 Å². The Morgan fingerprint density at radius 2 is 1.08 bits per heavy atom. The third kappa shape index (κ3) is 4.04. The SMILES string of the molecule is C=C.O=S(=O)(O)C(Br)(Br)S(=O)(=O)O. The molecule has 0 aromatic rings. The fourth-order valence-corrected chi connectivity index (χ4v) is 1.20. The summed E-state index contributed by atoms with van der Waals surface area (Å²) < 4.78 is 54.4. The Bertz CT molecular complexity index is 319. The standard InChI is InChI=1S/C2H4.CH2Br2O6S2/c1-2;2-1(3,10(4,5)6)11(7,8)9/h1-2H2;(H,4,5,6)(H,7,8,9). The molecule has 0 radical (unpaired) electrons. The lowest BCUT2D eigenvalue weighted by molar-refractivity contribution is 0.466. The zero-order chi connectivity index (χ0) is 11.5. The lowest BCUT2D eigenvalue weighted by atomic mass is 11.3. The summed E-state index contributed by atoms with van der Waals surface area (Å²) in [5.41, 5.74) is 0. The minimum absolute atomic E-state index is 2.06. The van der Waals surface area contributed by atoms with Gasteiger partial charge in [-0.1, -0.05) is 0 Å². The van der Waals surface area contributed by atoms with Crippen LogP contribution >= 0.6 is 31.9 Å². The van der Waals surface area contributed by atoms with Crippen LogP contribution in [0.25, 0.3) is 0 Å². The van der Waals surface area contributed by atoms with Crippen LogP contribution in [0.4, 0.5) is 0 Å². The summed E-state index contributed by atoms with van der Waals surface area (Å²) in [7, 11) is -9.93. The maximum Gasteiger partial charge on any atom is 0.329 e. The Morgan fingerprint density at radius 1 is 0.923 bits per heavy atom.